The van der Waals surface area contributed by atoms with Gasteiger partial charge in [0.25, 0.3) is 0 Å². The molecule has 0 bridgehead atoms. The highest BCUT2D eigenvalue weighted by atomic mass is 32.1. The number of hydrogen-bond acceptors (Lipinski definition) is 13. The van der Waals surface area contributed by atoms with Crippen molar-refractivity contribution in [1.29, 1.82) is 5.26 Å². The van der Waals surface area contributed by atoms with Crippen molar-refractivity contribution in [2.45, 2.75) is 116 Å². The van der Waals surface area contributed by atoms with Crippen molar-refractivity contribution in [1.82, 2.24) is 40.6 Å². The summed E-state index contributed by atoms with van der Waals surface area (Å²) in [7, 11) is 0. The summed E-state index contributed by atoms with van der Waals surface area (Å²) in [5.41, 5.74) is 8.28. The number of anilines is 2. The molecular formula is C58H69N11O7S. The van der Waals surface area contributed by atoms with Gasteiger partial charge in [-0.05, 0) is 91.0 Å². The van der Waals surface area contributed by atoms with E-state index in [9.17, 15) is 24.3 Å². The fourth-order valence-corrected chi connectivity index (χ4v) is 10.5. The van der Waals surface area contributed by atoms with Gasteiger partial charge in [0, 0.05) is 74.9 Å². The minimum Gasteiger partial charge on any atom is -0.391 e. The second-order valence-electron chi connectivity index (χ2n) is 20.7. The molecule has 18 nitrogen and oxygen atoms in total. The molecule has 77 heavy (non-hydrogen) atoms. The molecule has 3 aromatic carbocycles. The van der Waals surface area contributed by atoms with Crippen LogP contribution in [0.25, 0.3) is 21.6 Å². The third kappa shape index (κ3) is 15.3. The van der Waals surface area contributed by atoms with Crippen LogP contribution in [0.15, 0.2) is 115 Å². The van der Waals surface area contributed by atoms with Crippen LogP contribution < -0.4 is 26.2 Å². The second-order valence-corrected chi connectivity index (χ2v) is 21.6. The third-order valence-corrected chi connectivity index (χ3v) is 14.9. The number of ether oxygens (including phenoxy) is 2. The Kier molecular flexibility index (Phi) is 19.2. The SMILES string of the molecule is Cc1ncsc1-c1ccc(CNC(=O)[C@@H]2C[C@@H](O)CN2C(=O)[C@@H](NC(=O)COCCOCCCn2cc(-c3ccc(N(C(=O)NCc4ccccc4)[C@H]4CC[C@H](Nc5ccc(C#N)cn5)CC4)cc3)cn2)C(C)(C)C)cc1. The Labute approximate surface area is 454 Å². The number of thiazole rings is 1. The Morgan fingerprint density at radius 3 is 2.25 bits per heavy atom. The fourth-order valence-electron chi connectivity index (χ4n) is 9.73. The first-order valence-electron chi connectivity index (χ1n) is 26.3. The maximum Gasteiger partial charge on any atom is 0.322 e. The van der Waals surface area contributed by atoms with Crippen LogP contribution in [-0.4, -0.2) is 117 Å². The highest BCUT2D eigenvalue weighted by Crippen LogP contribution is 2.32. The van der Waals surface area contributed by atoms with Gasteiger partial charge < -0.3 is 40.7 Å². The molecular weight excluding hydrogens is 995 g/mol. The molecule has 1 saturated heterocycles. The van der Waals surface area contributed by atoms with Crippen LogP contribution in [0.3, 0.4) is 0 Å². The van der Waals surface area contributed by atoms with Gasteiger partial charge >= 0.3 is 6.03 Å². The third-order valence-electron chi connectivity index (χ3n) is 13.9. The number of carbonyl (C=O) groups excluding carboxylic acids is 4. The number of rotatable bonds is 22. The van der Waals surface area contributed by atoms with E-state index in [0.717, 1.165) is 75.6 Å². The van der Waals surface area contributed by atoms with Gasteiger partial charge in [0.05, 0.1) is 47.2 Å². The number of nitrogens with zero attached hydrogens (tertiary/aromatic N) is 7. The highest BCUT2D eigenvalue weighted by molar-refractivity contribution is 7.13. The molecule has 0 unspecified atom stereocenters. The Balaban J connectivity index is 0.752. The van der Waals surface area contributed by atoms with Crippen molar-refractivity contribution in [3.05, 3.63) is 137 Å². The average molecular weight is 1060 g/mol. The molecule has 3 aromatic heterocycles. The summed E-state index contributed by atoms with van der Waals surface area (Å²) in [5, 5.41) is 36.7. The molecule has 1 aliphatic heterocycles. The molecule has 6 aromatic rings. The number of urea groups is 1. The van der Waals surface area contributed by atoms with Gasteiger partial charge in [-0.15, -0.1) is 11.3 Å². The molecule has 3 atom stereocenters. The Morgan fingerprint density at radius 2 is 1.56 bits per heavy atom. The molecule has 8 rings (SSSR count). The number of aromatic nitrogens is 4. The predicted octanol–water partition coefficient (Wildman–Crippen LogP) is 7.62. The molecule has 5 amide bonds. The normalized spacial score (nSPS) is 17.7. The van der Waals surface area contributed by atoms with E-state index in [4.69, 9.17) is 14.7 Å². The lowest BCUT2D eigenvalue weighted by molar-refractivity contribution is -0.144. The van der Waals surface area contributed by atoms with E-state index < -0.39 is 35.4 Å². The van der Waals surface area contributed by atoms with Gasteiger partial charge in [-0.2, -0.15) is 10.4 Å². The highest BCUT2D eigenvalue weighted by Gasteiger charge is 2.44. The first-order chi connectivity index (χ1) is 37.2. The number of hydrogen-bond donors (Lipinski definition) is 5. The fraction of sp³-hybridized carbons (Fsp3) is 0.414. The van der Waals surface area contributed by atoms with E-state index in [-0.39, 0.29) is 63.4 Å². The standard InChI is InChI=1S/C58H69N11O7S/c1-39-53(77-38-63-39)44-14-11-41(12-15-44)31-61-55(72)50-29-49(70)36-68(50)56(73)54(58(2,3)4)66-52(71)37-76-28-27-75-26-8-25-67-35-45(34-64-67)43-16-20-47(21-17-43)69(57(74)62-32-40-9-6-5-7-10-40)48-22-18-46(19-23-48)65-51-24-13-42(30-59)33-60-51/h5-7,9-17,20-21,24,33-35,38,46,48-50,54,70H,8,18-19,22-23,25-29,31-32,36-37H2,1-4H3,(H,60,65)(H,61,72)(H,62,74)(H,66,71)/t46-,48-,49-,50+,54-/m1/s1. The number of β-amino-alcohol motifs (C(OH)–C–C–N with tert-alkyl or cyclic N) is 1. The molecule has 4 heterocycles. The quantitative estimate of drug-likeness (QED) is 0.0414. The van der Waals surface area contributed by atoms with Crippen LogP contribution >= 0.6 is 11.3 Å². The number of benzene rings is 3. The number of aliphatic hydroxyl groups excluding tert-OH is 1. The lowest BCUT2D eigenvalue weighted by Crippen LogP contribution is -2.58. The zero-order valence-electron chi connectivity index (χ0n) is 44.2. The first kappa shape index (κ1) is 55.7. The van der Waals surface area contributed by atoms with Gasteiger partial charge in [-0.1, -0.05) is 87.5 Å². The van der Waals surface area contributed by atoms with Crippen molar-refractivity contribution in [2.24, 2.45) is 5.41 Å². The molecule has 2 fully saturated rings. The van der Waals surface area contributed by atoms with Crippen LogP contribution in [0, 0.1) is 23.7 Å². The van der Waals surface area contributed by atoms with E-state index in [0.29, 0.717) is 31.7 Å². The summed E-state index contributed by atoms with van der Waals surface area (Å²) in [6, 6.07) is 29.7. The van der Waals surface area contributed by atoms with Gasteiger partial charge in [0.15, 0.2) is 0 Å². The van der Waals surface area contributed by atoms with Gasteiger partial charge in [-0.25, -0.2) is 14.8 Å². The smallest absolute Gasteiger partial charge is 0.322 e. The van der Waals surface area contributed by atoms with Gasteiger partial charge in [0.2, 0.25) is 17.7 Å². The lowest BCUT2D eigenvalue weighted by Gasteiger charge is -2.37. The summed E-state index contributed by atoms with van der Waals surface area (Å²) in [5.74, 6) is -0.560. The van der Waals surface area contributed by atoms with E-state index in [1.165, 1.54) is 4.90 Å². The molecule has 2 aliphatic rings. The predicted molar refractivity (Wildman–Crippen MR) is 295 cm³/mol. The van der Waals surface area contributed by atoms with E-state index in [1.807, 2.05) is 140 Å². The minimum atomic E-state index is -0.972. The van der Waals surface area contributed by atoms with Crippen LogP contribution in [-0.2, 0) is 43.5 Å². The summed E-state index contributed by atoms with van der Waals surface area (Å²) >= 11 is 1.57. The Morgan fingerprint density at radius 1 is 0.844 bits per heavy atom. The average Bonchev–Trinajstić information content (AvgIpc) is 4.21. The van der Waals surface area contributed by atoms with E-state index in [2.05, 4.69) is 42.4 Å². The van der Waals surface area contributed by atoms with Crippen molar-refractivity contribution >= 4 is 46.6 Å². The second kappa shape index (κ2) is 26.5. The summed E-state index contributed by atoms with van der Waals surface area (Å²) < 4.78 is 13.3. The van der Waals surface area contributed by atoms with E-state index in [1.54, 1.807) is 23.6 Å². The first-order valence-corrected chi connectivity index (χ1v) is 27.2. The largest absolute Gasteiger partial charge is 0.391 e. The molecule has 19 heteroatoms. The lowest BCUT2D eigenvalue weighted by atomic mass is 9.85. The molecule has 404 valence electrons. The van der Waals surface area contributed by atoms with Gasteiger partial charge in [0.1, 0.15) is 30.6 Å². The minimum absolute atomic E-state index is 0.00141. The Hall–Kier alpha value is -7.50. The zero-order valence-corrected chi connectivity index (χ0v) is 45.0. The number of likely N-dealkylation sites (tertiary alicyclic amines) is 1. The molecule has 1 saturated carbocycles. The Bertz CT molecular complexity index is 2930. The zero-order chi connectivity index (χ0) is 54.3. The summed E-state index contributed by atoms with van der Waals surface area (Å²) in [6.45, 7) is 9.34. The number of nitrogens with one attached hydrogen (secondary N) is 4. The topological polar surface area (TPSA) is 229 Å². The van der Waals surface area contributed by atoms with Crippen molar-refractivity contribution < 1.29 is 33.8 Å². The van der Waals surface area contributed by atoms with Crippen molar-refractivity contribution in [3.8, 4) is 27.6 Å². The molecule has 1 aliphatic carbocycles. The van der Waals surface area contributed by atoms with Crippen LogP contribution in [0.2, 0.25) is 0 Å². The molecule has 0 spiro atoms. The van der Waals surface area contributed by atoms with Crippen LogP contribution in [0.1, 0.15) is 81.7 Å². The number of amides is 5. The van der Waals surface area contributed by atoms with E-state index >= 15 is 0 Å². The summed E-state index contributed by atoms with van der Waals surface area (Å²) in [6.07, 6.45) is 8.62. The van der Waals surface area contributed by atoms with Crippen molar-refractivity contribution in [2.75, 3.05) is 43.2 Å². The molecule has 0 radical (unpaired) electrons. The number of nitriles is 1. The number of aliphatic hydroxyl groups is 1. The maximum absolute atomic E-state index is 14.0. The number of carbonyl (C=O) groups is 4. The van der Waals surface area contributed by atoms with Gasteiger partial charge in [-0.3, -0.25) is 24.0 Å². The number of aryl methyl sites for hydroxylation is 2. The molecule has 5 N–H and O–H groups in total. The monoisotopic (exact) mass is 1060 g/mol. The summed E-state index contributed by atoms with van der Waals surface area (Å²) in [4.78, 5) is 67.7. The van der Waals surface area contributed by atoms with Crippen molar-refractivity contribution in [3.63, 3.8) is 0 Å². The number of pyridine rings is 1. The maximum atomic E-state index is 14.0. The van der Waals surface area contributed by atoms with Crippen LogP contribution in [0.4, 0.5) is 16.3 Å². The van der Waals surface area contributed by atoms with Crippen LogP contribution in [0.5, 0.6) is 0 Å².